The van der Waals surface area contributed by atoms with Crippen LogP contribution in [0.1, 0.15) is 59.4 Å². The Morgan fingerprint density at radius 1 is 1.17 bits per heavy atom. The Hall–Kier alpha value is -2.34. The topological polar surface area (TPSA) is 92.4 Å². The molecule has 0 unspecified atom stereocenters. The predicted molar refractivity (Wildman–Crippen MR) is 107 cm³/mol. The maximum atomic E-state index is 12.9. The van der Waals surface area contributed by atoms with Crippen LogP contribution in [0, 0.1) is 23.2 Å². The van der Waals surface area contributed by atoms with E-state index >= 15 is 0 Å². The molecule has 2 aromatic rings. The zero-order valence-corrected chi connectivity index (χ0v) is 16.7. The van der Waals surface area contributed by atoms with Crippen molar-refractivity contribution in [3.63, 3.8) is 0 Å². The maximum Gasteiger partial charge on any atom is 0.357 e. The molecule has 0 radical (unpaired) electrons. The average molecular weight is 415 g/mol. The molecule has 1 heterocycles. The van der Waals surface area contributed by atoms with Gasteiger partial charge in [0, 0.05) is 12.1 Å². The van der Waals surface area contributed by atoms with Gasteiger partial charge >= 0.3 is 5.97 Å². The fourth-order valence-corrected chi connectivity index (χ4v) is 6.41. The van der Waals surface area contributed by atoms with E-state index in [9.17, 15) is 9.59 Å². The van der Waals surface area contributed by atoms with Crippen LogP contribution in [0.25, 0.3) is 11.5 Å². The monoisotopic (exact) mass is 414 g/mol. The second-order valence-electron chi connectivity index (χ2n) is 9.14. The van der Waals surface area contributed by atoms with E-state index in [1.54, 1.807) is 18.2 Å². The van der Waals surface area contributed by atoms with Gasteiger partial charge in [-0.25, -0.2) is 9.78 Å². The molecule has 2 N–H and O–H groups in total. The molecule has 0 aliphatic heterocycles. The number of oxazole rings is 1. The van der Waals surface area contributed by atoms with E-state index in [1.165, 1.54) is 38.5 Å². The highest BCUT2D eigenvalue weighted by molar-refractivity contribution is 6.34. The van der Waals surface area contributed by atoms with Crippen LogP contribution in [-0.4, -0.2) is 28.5 Å². The van der Waals surface area contributed by atoms with Gasteiger partial charge in [0.15, 0.2) is 5.69 Å². The van der Waals surface area contributed by atoms with Crippen molar-refractivity contribution in [1.82, 2.24) is 10.3 Å². The molecule has 7 heteroatoms. The highest BCUT2D eigenvalue weighted by Crippen LogP contribution is 2.59. The van der Waals surface area contributed by atoms with E-state index in [4.69, 9.17) is 21.1 Å². The number of hydrogen-bond donors (Lipinski definition) is 2. The first-order valence-corrected chi connectivity index (χ1v) is 10.6. The summed E-state index contributed by atoms with van der Waals surface area (Å²) < 4.78 is 5.24. The lowest BCUT2D eigenvalue weighted by molar-refractivity contribution is -0.0503. The summed E-state index contributed by atoms with van der Waals surface area (Å²) in [6, 6.07) is 4.88. The number of carbonyl (C=O) groups is 2. The molecule has 152 valence electrons. The van der Waals surface area contributed by atoms with Gasteiger partial charge in [-0.05, 0) is 79.9 Å². The van der Waals surface area contributed by atoms with Crippen LogP contribution >= 0.6 is 11.6 Å². The Morgan fingerprint density at radius 3 is 2.41 bits per heavy atom. The summed E-state index contributed by atoms with van der Waals surface area (Å²) in [6.07, 6.45) is 8.86. The number of rotatable bonds is 5. The first-order valence-electron chi connectivity index (χ1n) is 10.2. The number of nitrogens with zero attached hydrogens (tertiary/aromatic N) is 1. The average Bonchev–Trinajstić information content (AvgIpc) is 3.16. The molecule has 0 saturated heterocycles. The molecule has 4 aliphatic rings. The second kappa shape index (κ2) is 6.87. The van der Waals surface area contributed by atoms with E-state index in [2.05, 4.69) is 10.3 Å². The molecule has 4 saturated carbocycles. The highest BCUT2D eigenvalue weighted by Gasteiger charge is 2.50. The number of carbonyl (C=O) groups excluding carboxylic acids is 1. The number of amides is 1. The van der Waals surface area contributed by atoms with E-state index < -0.39 is 5.97 Å². The number of hydrogen-bond acceptors (Lipinski definition) is 4. The quantitative estimate of drug-likeness (QED) is 0.743. The molecule has 1 aromatic carbocycles. The normalized spacial score (nSPS) is 29.8. The van der Waals surface area contributed by atoms with Crippen molar-refractivity contribution in [2.45, 2.75) is 38.5 Å². The van der Waals surface area contributed by atoms with Crippen molar-refractivity contribution >= 4 is 23.5 Å². The Bertz CT molecular complexity index is 948. The van der Waals surface area contributed by atoms with Gasteiger partial charge in [-0.2, -0.15) is 0 Å². The number of nitrogens with one attached hydrogen (secondary N) is 1. The van der Waals surface area contributed by atoms with Crippen LogP contribution in [0.2, 0.25) is 5.02 Å². The first kappa shape index (κ1) is 18.7. The number of aromatic carboxylic acids is 1. The molecule has 29 heavy (non-hydrogen) atoms. The van der Waals surface area contributed by atoms with Gasteiger partial charge in [0.05, 0.1) is 10.6 Å². The summed E-state index contributed by atoms with van der Waals surface area (Å²) in [7, 11) is 0. The lowest BCUT2D eigenvalue weighted by Crippen LogP contribution is -2.51. The van der Waals surface area contributed by atoms with E-state index in [-0.39, 0.29) is 22.9 Å². The smallest absolute Gasteiger partial charge is 0.357 e. The molecule has 0 spiro atoms. The standard InChI is InChI=1S/C22H23ClN2O4/c23-17-2-1-15(20-25-18(10-29-20)21(27)28)6-16(17)19(26)24-11-22-7-12-3-13(8-22)5-14(4-12)9-22/h1-2,6,10,12-14H,3-5,7-9,11H2,(H,24,26)(H,27,28). The van der Waals surface area contributed by atoms with Crippen LogP contribution in [0.3, 0.4) is 0 Å². The highest BCUT2D eigenvalue weighted by atomic mass is 35.5. The van der Waals surface area contributed by atoms with E-state index in [0.717, 1.165) is 24.0 Å². The number of carboxylic acids is 1. The molecule has 4 fully saturated rings. The number of halogens is 1. The third-order valence-corrected chi connectivity index (χ3v) is 7.30. The summed E-state index contributed by atoms with van der Waals surface area (Å²) in [4.78, 5) is 27.9. The lowest BCUT2D eigenvalue weighted by Gasteiger charge is -2.56. The van der Waals surface area contributed by atoms with Crippen molar-refractivity contribution in [3.05, 3.63) is 40.7 Å². The van der Waals surface area contributed by atoms with Crippen molar-refractivity contribution in [2.24, 2.45) is 23.2 Å². The number of benzene rings is 1. The van der Waals surface area contributed by atoms with Gasteiger partial charge in [0.1, 0.15) is 6.26 Å². The molecule has 6 nitrogen and oxygen atoms in total. The molecule has 1 aromatic heterocycles. The molecule has 0 atom stereocenters. The van der Waals surface area contributed by atoms with Gasteiger partial charge in [0.2, 0.25) is 5.89 Å². The zero-order valence-electron chi connectivity index (χ0n) is 16.0. The van der Waals surface area contributed by atoms with Gasteiger partial charge in [-0.1, -0.05) is 11.6 Å². The summed E-state index contributed by atoms with van der Waals surface area (Å²) >= 11 is 6.28. The van der Waals surface area contributed by atoms with Crippen LogP contribution in [-0.2, 0) is 0 Å². The largest absolute Gasteiger partial charge is 0.476 e. The van der Waals surface area contributed by atoms with Crippen LogP contribution in [0.5, 0.6) is 0 Å². The minimum absolute atomic E-state index is 0.147. The summed E-state index contributed by atoms with van der Waals surface area (Å²) in [6.45, 7) is 0.693. The predicted octanol–water partition coefficient (Wildman–Crippen LogP) is 4.64. The Labute approximate surface area is 173 Å². The Morgan fingerprint density at radius 2 is 1.83 bits per heavy atom. The molecule has 4 aliphatic carbocycles. The van der Waals surface area contributed by atoms with Crippen molar-refractivity contribution in [3.8, 4) is 11.5 Å². The lowest BCUT2D eigenvalue weighted by atomic mass is 9.49. The molecule has 4 bridgehead atoms. The summed E-state index contributed by atoms with van der Waals surface area (Å²) in [5.74, 6) is 1.27. The Balaban J connectivity index is 1.32. The van der Waals surface area contributed by atoms with Gasteiger partial charge < -0.3 is 14.8 Å². The van der Waals surface area contributed by atoms with Crippen LogP contribution in [0.15, 0.2) is 28.9 Å². The van der Waals surface area contributed by atoms with Gasteiger partial charge in [0.25, 0.3) is 5.91 Å². The number of aromatic nitrogens is 1. The van der Waals surface area contributed by atoms with E-state index in [0.29, 0.717) is 22.7 Å². The maximum absolute atomic E-state index is 12.9. The van der Waals surface area contributed by atoms with E-state index in [1.807, 2.05) is 0 Å². The molecular weight excluding hydrogens is 392 g/mol. The van der Waals surface area contributed by atoms with Crippen molar-refractivity contribution < 1.29 is 19.1 Å². The van der Waals surface area contributed by atoms with Crippen LogP contribution in [0.4, 0.5) is 0 Å². The van der Waals surface area contributed by atoms with Crippen molar-refractivity contribution in [2.75, 3.05) is 6.54 Å². The van der Waals surface area contributed by atoms with Gasteiger partial charge in [-0.3, -0.25) is 4.79 Å². The Kier molecular flexibility index (Phi) is 4.42. The first-order chi connectivity index (χ1) is 13.9. The fourth-order valence-electron chi connectivity index (χ4n) is 6.21. The molecule has 6 rings (SSSR count). The minimum Gasteiger partial charge on any atom is -0.476 e. The third kappa shape index (κ3) is 3.44. The molecular formula is C22H23ClN2O4. The van der Waals surface area contributed by atoms with Gasteiger partial charge in [-0.15, -0.1) is 0 Å². The SMILES string of the molecule is O=C(O)c1coc(-c2ccc(Cl)c(C(=O)NCC34CC5CC(CC(C5)C3)C4)c2)n1. The summed E-state index contributed by atoms with van der Waals surface area (Å²) in [5, 5.41) is 12.5. The fraction of sp³-hybridized carbons (Fsp3) is 0.500. The minimum atomic E-state index is -1.16. The zero-order chi connectivity index (χ0) is 20.2. The molecule has 1 amide bonds. The number of carboxylic acid groups (broad SMARTS) is 1. The second-order valence-corrected chi connectivity index (χ2v) is 9.55. The summed E-state index contributed by atoms with van der Waals surface area (Å²) in [5.41, 5.74) is 0.932. The van der Waals surface area contributed by atoms with Crippen LogP contribution < -0.4 is 5.32 Å². The third-order valence-electron chi connectivity index (χ3n) is 6.97. The van der Waals surface area contributed by atoms with Crippen molar-refractivity contribution in [1.29, 1.82) is 0 Å².